The predicted molar refractivity (Wildman–Crippen MR) is 94.5 cm³/mol. The van der Waals surface area contributed by atoms with E-state index in [0.717, 1.165) is 9.13 Å². The van der Waals surface area contributed by atoms with Crippen LogP contribution in [0.25, 0.3) is 11.3 Å². The number of hydrogen-bond donors (Lipinski definition) is 2. The molecule has 0 aliphatic heterocycles. The van der Waals surface area contributed by atoms with Crippen molar-refractivity contribution in [1.29, 1.82) is 0 Å². The van der Waals surface area contributed by atoms with Crippen LogP contribution in [0.1, 0.15) is 16.1 Å². The van der Waals surface area contributed by atoms with Gasteiger partial charge < -0.3 is 9.84 Å². The van der Waals surface area contributed by atoms with Crippen LogP contribution >= 0.6 is 22.6 Å². The fourth-order valence-corrected chi connectivity index (χ4v) is 2.45. The first kappa shape index (κ1) is 15.5. The molecule has 3 aromatic rings. The lowest BCUT2D eigenvalue weighted by Gasteiger charge is -2.03. The van der Waals surface area contributed by atoms with Crippen LogP contribution in [0.15, 0.2) is 48.5 Å². The van der Waals surface area contributed by atoms with Crippen molar-refractivity contribution in [2.75, 3.05) is 0 Å². The van der Waals surface area contributed by atoms with Crippen LogP contribution in [0.4, 0.5) is 0 Å². The SMILES string of the molecule is Cc1cccc(-c2cc(C(=O)Oc3ccc(I)cc3)[nH]n2)c1O. The molecule has 0 saturated heterocycles. The third-order valence-electron chi connectivity index (χ3n) is 3.34. The molecule has 1 aromatic heterocycles. The van der Waals surface area contributed by atoms with Gasteiger partial charge in [0, 0.05) is 9.13 Å². The molecule has 0 amide bonds. The molecule has 0 atom stereocenters. The number of hydrogen-bond acceptors (Lipinski definition) is 4. The van der Waals surface area contributed by atoms with Crippen LogP contribution in [0.5, 0.6) is 11.5 Å². The highest BCUT2D eigenvalue weighted by Crippen LogP contribution is 2.30. The Hall–Kier alpha value is -2.35. The van der Waals surface area contributed by atoms with Crippen LogP contribution in [-0.4, -0.2) is 21.3 Å². The molecule has 1 heterocycles. The van der Waals surface area contributed by atoms with E-state index in [9.17, 15) is 9.90 Å². The summed E-state index contributed by atoms with van der Waals surface area (Å²) in [6, 6.07) is 14.1. The lowest BCUT2D eigenvalue weighted by Crippen LogP contribution is -2.08. The number of nitrogens with zero attached hydrogens (tertiary/aromatic N) is 1. The maximum atomic E-state index is 12.1. The Morgan fingerprint density at radius 1 is 1.22 bits per heavy atom. The highest BCUT2D eigenvalue weighted by molar-refractivity contribution is 14.1. The zero-order valence-corrected chi connectivity index (χ0v) is 14.4. The number of ether oxygens (including phenoxy) is 1. The number of rotatable bonds is 3. The Morgan fingerprint density at radius 3 is 2.70 bits per heavy atom. The highest BCUT2D eigenvalue weighted by atomic mass is 127. The number of phenols is 1. The van der Waals surface area contributed by atoms with Crippen molar-refractivity contribution in [3.05, 3.63) is 63.4 Å². The average molecular weight is 420 g/mol. The molecule has 0 fully saturated rings. The lowest BCUT2D eigenvalue weighted by atomic mass is 10.1. The summed E-state index contributed by atoms with van der Waals surface area (Å²) in [5.74, 6) is 0.0821. The molecule has 0 aliphatic rings. The second kappa shape index (κ2) is 6.41. The molecule has 5 nitrogen and oxygen atoms in total. The van der Waals surface area contributed by atoms with Gasteiger partial charge in [-0.1, -0.05) is 12.1 Å². The Bertz CT molecular complexity index is 857. The number of carbonyl (C=O) groups excluding carboxylic acids is 1. The van der Waals surface area contributed by atoms with Crippen LogP contribution in [0.3, 0.4) is 0 Å². The molecular weight excluding hydrogens is 407 g/mol. The van der Waals surface area contributed by atoms with Gasteiger partial charge in [-0.25, -0.2) is 4.79 Å². The van der Waals surface area contributed by atoms with Gasteiger partial charge in [0.1, 0.15) is 17.2 Å². The molecule has 23 heavy (non-hydrogen) atoms. The number of para-hydroxylation sites is 1. The topological polar surface area (TPSA) is 75.2 Å². The molecular formula is C17H13IN2O3. The van der Waals surface area contributed by atoms with Gasteiger partial charge in [-0.05, 0) is 71.5 Å². The fourth-order valence-electron chi connectivity index (χ4n) is 2.09. The van der Waals surface area contributed by atoms with Crippen molar-refractivity contribution in [1.82, 2.24) is 10.2 Å². The number of aromatic nitrogens is 2. The largest absolute Gasteiger partial charge is 0.507 e. The van der Waals surface area contributed by atoms with Gasteiger partial charge in [-0.3, -0.25) is 5.10 Å². The molecule has 2 aromatic carbocycles. The smallest absolute Gasteiger partial charge is 0.361 e. The van der Waals surface area contributed by atoms with E-state index < -0.39 is 5.97 Å². The quantitative estimate of drug-likeness (QED) is 0.383. The summed E-state index contributed by atoms with van der Waals surface area (Å²) in [6.45, 7) is 1.80. The third-order valence-corrected chi connectivity index (χ3v) is 4.05. The summed E-state index contributed by atoms with van der Waals surface area (Å²) in [6.07, 6.45) is 0. The monoisotopic (exact) mass is 420 g/mol. The van der Waals surface area contributed by atoms with Crippen LogP contribution < -0.4 is 4.74 Å². The number of H-pyrrole nitrogens is 1. The van der Waals surface area contributed by atoms with Crippen molar-refractivity contribution in [3.63, 3.8) is 0 Å². The summed E-state index contributed by atoms with van der Waals surface area (Å²) in [4.78, 5) is 12.1. The van der Waals surface area contributed by atoms with Crippen molar-refractivity contribution in [3.8, 4) is 22.8 Å². The molecule has 0 aliphatic carbocycles. The maximum absolute atomic E-state index is 12.1. The molecule has 0 unspecified atom stereocenters. The number of halogens is 1. The number of phenolic OH excluding ortho intramolecular Hbond substituents is 1. The molecule has 6 heteroatoms. The summed E-state index contributed by atoms with van der Waals surface area (Å²) in [5.41, 5.74) is 2.02. The Kier molecular flexibility index (Phi) is 4.33. The third kappa shape index (κ3) is 3.37. The van der Waals surface area contributed by atoms with E-state index in [1.807, 2.05) is 18.2 Å². The number of aryl methyl sites for hydroxylation is 1. The average Bonchev–Trinajstić information content (AvgIpc) is 3.02. The summed E-state index contributed by atoms with van der Waals surface area (Å²) < 4.78 is 6.34. The number of carbonyl (C=O) groups is 1. The van der Waals surface area contributed by atoms with Crippen LogP contribution in [0.2, 0.25) is 0 Å². The normalized spacial score (nSPS) is 10.5. The first-order valence-corrected chi connectivity index (χ1v) is 7.94. The molecule has 3 rings (SSSR count). The van der Waals surface area contributed by atoms with Gasteiger partial charge in [0.25, 0.3) is 0 Å². The Balaban J connectivity index is 1.82. The van der Waals surface area contributed by atoms with Crippen molar-refractivity contribution < 1.29 is 14.6 Å². The summed E-state index contributed by atoms with van der Waals surface area (Å²) in [7, 11) is 0. The van der Waals surface area contributed by atoms with Crippen LogP contribution in [0, 0.1) is 10.5 Å². The van der Waals surface area contributed by atoms with Crippen molar-refractivity contribution in [2.45, 2.75) is 6.92 Å². The van der Waals surface area contributed by atoms with Gasteiger partial charge in [0.15, 0.2) is 0 Å². The van der Waals surface area contributed by atoms with Gasteiger partial charge in [0.2, 0.25) is 0 Å². The van der Waals surface area contributed by atoms with Crippen molar-refractivity contribution in [2.24, 2.45) is 0 Å². The van der Waals surface area contributed by atoms with Gasteiger partial charge in [-0.15, -0.1) is 0 Å². The summed E-state index contributed by atoms with van der Waals surface area (Å²) >= 11 is 2.18. The maximum Gasteiger partial charge on any atom is 0.361 e. The molecule has 0 bridgehead atoms. The molecule has 2 N–H and O–H groups in total. The first-order valence-electron chi connectivity index (χ1n) is 6.86. The van der Waals surface area contributed by atoms with E-state index in [0.29, 0.717) is 17.0 Å². The van der Waals surface area contributed by atoms with E-state index in [-0.39, 0.29) is 11.4 Å². The van der Waals surface area contributed by atoms with E-state index in [1.165, 1.54) is 0 Å². The minimum atomic E-state index is -0.530. The summed E-state index contributed by atoms with van der Waals surface area (Å²) in [5, 5.41) is 16.8. The zero-order valence-electron chi connectivity index (χ0n) is 12.2. The predicted octanol–water partition coefficient (Wildman–Crippen LogP) is 3.91. The first-order chi connectivity index (χ1) is 11.0. The minimum absolute atomic E-state index is 0.150. The second-order valence-electron chi connectivity index (χ2n) is 4.98. The standard InChI is InChI=1S/C17H13IN2O3/c1-10-3-2-4-13(16(10)21)14-9-15(20-19-14)17(22)23-12-7-5-11(18)6-8-12/h2-9,21H,1H3,(H,19,20). The number of aromatic amines is 1. The number of aromatic hydroxyl groups is 1. The van der Waals surface area contributed by atoms with Gasteiger partial charge in [-0.2, -0.15) is 5.10 Å². The van der Waals surface area contributed by atoms with Gasteiger partial charge in [0.05, 0.1) is 5.69 Å². The fraction of sp³-hybridized carbons (Fsp3) is 0.0588. The van der Waals surface area contributed by atoms with Crippen molar-refractivity contribution >= 4 is 28.6 Å². The highest BCUT2D eigenvalue weighted by Gasteiger charge is 2.15. The lowest BCUT2D eigenvalue weighted by molar-refractivity contribution is 0.0728. The molecule has 0 radical (unpaired) electrons. The molecule has 0 saturated carbocycles. The Morgan fingerprint density at radius 2 is 1.96 bits per heavy atom. The van der Waals surface area contributed by atoms with Gasteiger partial charge >= 0.3 is 5.97 Å². The number of esters is 1. The number of benzene rings is 2. The van der Waals surface area contributed by atoms with E-state index in [1.54, 1.807) is 37.3 Å². The molecule has 116 valence electrons. The number of nitrogens with one attached hydrogen (secondary N) is 1. The minimum Gasteiger partial charge on any atom is -0.507 e. The van der Waals surface area contributed by atoms with E-state index >= 15 is 0 Å². The second-order valence-corrected chi connectivity index (χ2v) is 6.23. The zero-order chi connectivity index (χ0) is 16.4. The Labute approximate surface area is 146 Å². The molecule has 0 spiro atoms. The van der Waals surface area contributed by atoms with Crippen LogP contribution in [-0.2, 0) is 0 Å². The van der Waals surface area contributed by atoms with E-state index in [2.05, 4.69) is 32.8 Å². The van der Waals surface area contributed by atoms with E-state index in [4.69, 9.17) is 4.74 Å².